The molecule has 0 aliphatic carbocycles. The smallest absolute Gasteiger partial charge is 0.422 e. The van der Waals surface area contributed by atoms with Gasteiger partial charge in [-0.05, 0) is 11.6 Å². The summed E-state index contributed by atoms with van der Waals surface area (Å²) in [6, 6.07) is 6.18. The van der Waals surface area contributed by atoms with Crippen molar-refractivity contribution in [1.29, 1.82) is 0 Å². The summed E-state index contributed by atoms with van der Waals surface area (Å²) < 4.78 is 58.4. The Morgan fingerprint density at radius 3 is 2.76 bits per heavy atom. The molecular weight excluding hydrogens is 366 g/mol. The van der Waals surface area contributed by atoms with Crippen molar-refractivity contribution in [1.82, 2.24) is 15.5 Å². The van der Waals surface area contributed by atoms with Crippen LogP contribution < -0.4 is 5.32 Å². The SMILES string of the molecule is O=C(NCCSc1nnc(Cc2ccccc2F)o1)OCC(F)(F)F. The highest BCUT2D eigenvalue weighted by Gasteiger charge is 2.29. The molecule has 0 atom stereocenters. The number of thioether (sulfide) groups is 1. The van der Waals surface area contributed by atoms with E-state index >= 15 is 0 Å². The molecule has 0 saturated heterocycles. The average molecular weight is 379 g/mol. The molecule has 25 heavy (non-hydrogen) atoms. The molecule has 6 nitrogen and oxygen atoms in total. The maximum atomic E-state index is 13.5. The zero-order valence-electron chi connectivity index (χ0n) is 12.7. The standard InChI is InChI=1S/C14H13F4N3O3S/c15-10-4-2-1-3-9(10)7-11-20-21-13(24-11)25-6-5-19-12(22)23-8-14(16,17)18/h1-4H,5-8H2,(H,19,22). The second kappa shape index (κ2) is 8.70. The predicted molar refractivity (Wildman–Crippen MR) is 79.6 cm³/mol. The van der Waals surface area contributed by atoms with Gasteiger partial charge in [-0.2, -0.15) is 13.2 Å². The Bertz CT molecular complexity index is 709. The summed E-state index contributed by atoms with van der Waals surface area (Å²) in [7, 11) is 0. The number of aromatic nitrogens is 2. The number of carbonyl (C=O) groups is 1. The van der Waals surface area contributed by atoms with Crippen molar-refractivity contribution in [2.24, 2.45) is 0 Å². The number of nitrogens with one attached hydrogen (secondary N) is 1. The second-order valence-electron chi connectivity index (χ2n) is 4.70. The van der Waals surface area contributed by atoms with Crippen molar-refractivity contribution < 1.29 is 31.5 Å². The minimum absolute atomic E-state index is 0.0480. The summed E-state index contributed by atoms with van der Waals surface area (Å²) >= 11 is 1.10. The molecule has 1 aromatic heterocycles. The van der Waals surface area contributed by atoms with E-state index < -0.39 is 18.9 Å². The summed E-state index contributed by atoms with van der Waals surface area (Å²) in [6.45, 7) is -1.60. The number of halogens is 4. The molecule has 0 aliphatic heterocycles. The number of carbonyl (C=O) groups excluding carboxylic acids is 1. The Balaban J connectivity index is 1.70. The molecule has 0 bridgehead atoms. The van der Waals surface area contributed by atoms with E-state index in [0.29, 0.717) is 5.56 Å². The summed E-state index contributed by atoms with van der Waals surface area (Å²) in [5.74, 6) is 0.129. The Hall–Kier alpha value is -2.30. The largest absolute Gasteiger partial charge is 0.440 e. The molecule has 1 amide bonds. The third kappa shape index (κ3) is 6.99. The van der Waals surface area contributed by atoms with Crippen LogP contribution in [-0.4, -0.2) is 41.4 Å². The normalized spacial score (nSPS) is 11.4. The van der Waals surface area contributed by atoms with Crippen LogP contribution in [-0.2, 0) is 11.2 Å². The lowest BCUT2D eigenvalue weighted by atomic mass is 10.1. The minimum atomic E-state index is -4.57. The van der Waals surface area contributed by atoms with E-state index in [1.165, 1.54) is 6.07 Å². The Labute approximate surface area is 143 Å². The number of ether oxygens (including phenoxy) is 1. The van der Waals surface area contributed by atoms with Gasteiger partial charge in [0.1, 0.15) is 5.82 Å². The fourth-order valence-corrected chi connectivity index (χ4v) is 2.29. The number of rotatable bonds is 7. The third-order valence-corrected chi connectivity index (χ3v) is 3.53. The van der Waals surface area contributed by atoms with Crippen molar-refractivity contribution in [3.05, 3.63) is 41.5 Å². The van der Waals surface area contributed by atoms with Crippen molar-refractivity contribution in [2.75, 3.05) is 18.9 Å². The Kier molecular flexibility index (Phi) is 6.62. The fraction of sp³-hybridized carbons (Fsp3) is 0.357. The zero-order chi connectivity index (χ0) is 18.3. The van der Waals surface area contributed by atoms with Gasteiger partial charge in [0.2, 0.25) is 5.89 Å². The first kappa shape index (κ1) is 19.0. The van der Waals surface area contributed by atoms with E-state index in [-0.39, 0.29) is 35.6 Å². The van der Waals surface area contributed by atoms with Crippen LogP contribution >= 0.6 is 11.8 Å². The van der Waals surface area contributed by atoms with Crippen LogP contribution in [0.4, 0.5) is 22.4 Å². The predicted octanol–water partition coefficient (Wildman–Crippen LogP) is 3.18. The lowest BCUT2D eigenvalue weighted by molar-refractivity contribution is -0.160. The fourth-order valence-electron chi connectivity index (χ4n) is 1.66. The van der Waals surface area contributed by atoms with Gasteiger partial charge in [0, 0.05) is 12.3 Å². The molecule has 0 fully saturated rings. The number of nitrogens with zero attached hydrogens (tertiary/aromatic N) is 2. The molecule has 1 N–H and O–H groups in total. The lowest BCUT2D eigenvalue weighted by Crippen LogP contribution is -2.30. The van der Waals surface area contributed by atoms with E-state index in [1.807, 2.05) is 0 Å². The number of alkyl halides is 3. The van der Waals surface area contributed by atoms with Crippen molar-refractivity contribution in [3.8, 4) is 0 Å². The highest BCUT2D eigenvalue weighted by atomic mass is 32.2. The van der Waals surface area contributed by atoms with Gasteiger partial charge < -0.3 is 14.5 Å². The zero-order valence-corrected chi connectivity index (χ0v) is 13.5. The van der Waals surface area contributed by atoms with Gasteiger partial charge in [0.15, 0.2) is 6.61 Å². The van der Waals surface area contributed by atoms with Crippen LogP contribution in [0.2, 0.25) is 0 Å². The van der Waals surface area contributed by atoms with Crippen molar-refractivity contribution in [2.45, 2.75) is 17.8 Å². The van der Waals surface area contributed by atoms with E-state index in [0.717, 1.165) is 11.8 Å². The van der Waals surface area contributed by atoms with E-state index in [4.69, 9.17) is 4.42 Å². The number of hydrogen-bond donors (Lipinski definition) is 1. The van der Waals surface area contributed by atoms with Crippen LogP contribution in [0.25, 0.3) is 0 Å². The maximum Gasteiger partial charge on any atom is 0.422 e. The number of benzene rings is 1. The van der Waals surface area contributed by atoms with Gasteiger partial charge >= 0.3 is 12.3 Å². The highest BCUT2D eigenvalue weighted by molar-refractivity contribution is 7.99. The molecule has 0 unspecified atom stereocenters. The number of hydrogen-bond acceptors (Lipinski definition) is 6. The molecule has 0 spiro atoms. The van der Waals surface area contributed by atoms with Crippen molar-refractivity contribution in [3.63, 3.8) is 0 Å². The van der Waals surface area contributed by atoms with Crippen LogP contribution in [0.3, 0.4) is 0 Å². The maximum absolute atomic E-state index is 13.5. The number of amides is 1. The first-order chi connectivity index (χ1) is 11.8. The van der Waals surface area contributed by atoms with Crippen molar-refractivity contribution >= 4 is 17.9 Å². The molecule has 136 valence electrons. The Morgan fingerprint density at radius 2 is 2.04 bits per heavy atom. The molecule has 2 rings (SSSR count). The second-order valence-corrected chi connectivity index (χ2v) is 5.74. The van der Waals surface area contributed by atoms with Crippen LogP contribution in [0.1, 0.15) is 11.5 Å². The van der Waals surface area contributed by atoms with E-state index in [1.54, 1.807) is 18.2 Å². The van der Waals surface area contributed by atoms with E-state index in [2.05, 4.69) is 20.3 Å². The van der Waals surface area contributed by atoms with E-state index in [9.17, 15) is 22.4 Å². The third-order valence-electron chi connectivity index (χ3n) is 2.71. The first-order valence-electron chi connectivity index (χ1n) is 6.99. The molecular formula is C14H13F4N3O3S. The Morgan fingerprint density at radius 1 is 1.28 bits per heavy atom. The van der Waals surface area contributed by atoms with Gasteiger partial charge in [-0.3, -0.25) is 0 Å². The van der Waals surface area contributed by atoms with Gasteiger partial charge in [-0.15, -0.1) is 10.2 Å². The highest BCUT2D eigenvalue weighted by Crippen LogP contribution is 2.18. The monoisotopic (exact) mass is 379 g/mol. The van der Waals surface area contributed by atoms with Gasteiger partial charge in [-0.25, -0.2) is 9.18 Å². The topological polar surface area (TPSA) is 77.3 Å². The summed E-state index contributed by atoms with van der Waals surface area (Å²) in [5, 5.41) is 9.90. The summed E-state index contributed by atoms with van der Waals surface area (Å²) in [4.78, 5) is 11.0. The minimum Gasteiger partial charge on any atom is -0.440 e. The average Bonchev–Trinajstić information content (AvgIpc) is 2.99. The molecule has 0 saturated carbocycles. The van der Waals surface area contributed by atoms with Crippen LogP contribution in [0.15, 0.2) is 33.9 Å². The molecule has 1 heterocycles. The first-order valence-corrected chi connectivity index (χ1v) is 7.98. The van der Waals surface area contributed by atoms with Crippen LogP contribution in [0.5, 0.6) is 0 Å². The molecule has 11 heteroatoms. The molecule has 1 aromatic carbocycles. The lowest BCUT2D eigenvalue weighted by Gasteiger charge is -2.08. The molecule has 2 aromatic rings. The van der Waals surface area contributed by atoms with Gasteiger partial charge in [0.05, 0.1) is 6.42 Å². The number of alkyl carbamates (subject to hydrolysis) is 1. The summed E-state index contributed by atoms with van der Waals surface area (Å²) in [6.07, 6.45) is -5.59. The molecule has 0 aliphatic rings. The van der Waals surface area contributed by atoms with Gasteiger partial charge in [0.25, 0.3) is 5.22 Å². The molecule has 0 radical (unpaired) electrons. The summed E-state index contributed by atoms with van der Waals surface area (Å²) in [5.41, 5.74) is 0.414. The quantitative estimate of drug-likeness (QED) is 0.452. The van der Waals surface area contributed by atoms with Crippen LogP contribution in [0, 0.1) is 5.82 Å². The van der Waals surface area contributed by atoms with Gasteiger partial charge in [-0.1, -0.05) is 30.0 Å².